The molecule has 6 rings (SSSR count). The Morgan fingerprint density at radius 3 is 2.79 bits per heavy atom. The number of aliphatic hydroxyl groups is 4. The zero-order valence-electron chi connectivity index (χ0n) is 24.0. The minimum Gasteiger partial charge on any atom is -0.481 e. The number of allylic oxidation sites excluding steroid dienone is 1. The van der Waals surface area contributed by atoms with Gasteiger partial charge < -0.3 is 49.5 Å². The summed E-state index contributed by atoms with van der Waals surface area (Å²) in [5, 5.41) is 55.5. The van der Waals surface area contributed by atoms with Crippen molar-refractivity contribution in [2.45, 2.75) is 80.7 Å². The van der Waals surface area contributed by atoms with Crippen LogP contribution >= 0.6 is 0 Å². The zero-order valence-corrected chi connectivity index (χ0v) is 24.0. The number of hydrogen-bond donors (Lipinski definition) is 6. The van der Waals surface area contributed by atoms with E-state index in [0.29, 0.717) is 43.4 Å². The number of carboxylic acid groups (broad SMARTS) is 1. The minimum atomic E-state index is -1.94. The Bertz CT molecular complexity index is 1450. The van der Waals surface area contributed by atoms with Crippen LogP contribution in [0.5, 0.6) is 0 Å². The zero-order chi connectivity index (χ0) is 30.5. The van der Waals surface area contributed by atoms with E-state index in [9.17, 15) is 35.1 Å². The molecule has 3 heterocycles. The van der Waals surface area contributed by atoms with Gasteiger partial charge in [-0.05, 0) is 43.7 Å². The molecule has 12 nitrogen and oxygen atoms in total. The summed E-state index contributed by atoms with van der Waals surface area (Å²) in [5.41, 5.74) is -2.55. The number of nitrogens with one attached hydrogen (secondary N) is 1. The number of H-pyrrole nitrogens is 1. The van der Waals surface area contributed by atoms with Crippen LogP contribution in [-0.2, 0) is 28.5 Å². The second-order valence-electron chi connectivity index (χ2n) is 12.1. The number of aromatic amines is 1. The summed E-state index contributed by atoms with van der Waals surface area (Å²) in [6, 6.07) is 1.87. The Morgan fingerprint density at radius 1 is 1.26 bits per heavy atom. The lowest BCUT2D eigenvalue weighted by atomic mass is 9.63. The van der Waals surface area contributed by atoms with Gasteiger partial charge in [-0.2, -0.15) is 0 Å². The predicted octanol–water partition coefficient (Wildman–Crippen LogP) is -0.410. The van der Waals surface area contributed by atoms with Crippen LogP contribution in [0.2, 0.25) is 0 Å². The number of fused-ring (bicyclic) bond motifs is 4. The van der Waals surface area contributed by atoms with Gasteiger partial charge in [-0.1, -0.05) is 18.2 Å². The Labute approximate surface area is 247 Å². The number of carbonyl (C=O) groups is 2. The van der Waals surface area contributed by atoms with Gasteiger partial charge in [-0.3, -0.25) is 4.79 Å². The summed E-state index contributed by atoms with van der Waals surface area (Å²) < 4.78 is 24.4. The fourth-order valence-corrected chi connectivity index (χ4v) is 7.87. The van der Waals surface area contributed by atoms with Crippen molar-refractivity contribution in [1.82, 2.24) is 4.98 Å². The molecule has 4 bridgehead atoms. The maximum atomic E-state index is 12.7. The number of methoxy groups -OCH3 is 1. The number of ether oxygens (including phenoxy) is 4. The molecule has 6 N–H and O–H groups in total. The molecule has 43 heavy (non-hydrogen) atoms. The molecule has 0 aromatic carbocycles. The topological polar surface area (TPSA) is 188 Å². The number of aliphatic carboxylic acids is 1. The average molecular weight is 602 g/mol. The minimum absolute atomic E-state index is 0.0675. The second-order valence-corrected chi connectivity index (χ2v) is 12.1. The smallest absolute Gasteiger partial charge is 0.333 e. The lowest BCUT2D eigenvalue weighted by molar-refractivity contribution is -0.375. The van der Waals surface area contributed by atoms with E-state index in [-0.39, 0.29) is 30.9 Å². The third-order valence-corrected chi connectivity index (χ3v) is 9.85. The van der Waals surface area contributed by atoms with Gasteiger partial charge in [0.1, 0.15) is 23.6 Å². The van der Waals surface area contributed by atoms with Gasteiger partial charge in [0, 0.05) is 47.8 Å². The van der Waals surface area contributed by atoms with Gasteiger partial charge in [0.2, 0.25) is 0 Å². The fourth-order valence-electron chi connectivity index (χ4n) is 7.87. The summed E-state index contributed by atoms with van der Waals surface area (Å²) >= 11 is 0. The van der Waals surface area contributed by atoms with Crippen molar-refractivity contribution in [3.05, 3.63) is 46.6 Å². The fraction of sp³-hybridized carbons (Fsp3) is 0.613. The standard InChI is InChI=1S/C31H39NO11/c1-40-27(37)20-13-16-5-2-3-6-17(19(20)14-24(35)36)26(16)42-29-30(39)10-8-21-18-9-11-32-25(18)22(7-4-12-33)43-31(21,28(30)38)23(15-34)41-29/h3,6,9,11,13,16-17,19,23,26,28-29,32-34,38-39H,2,4-5,7-8,10,12,14-15H2,1H3,(H,35,36)/t16-,17+,19-,23+,26+,28+,29-,30+,31+/m0/s1. The van der Waals surface area contributed by atoms with Crippen LogP contribution in [0.25, 0.3) is 11.3 Å². The second kappa shape index (κ2) is 11.5. The first-order valence-electron chi connectivity index (χ1n) is 14.9. The Kier molecular flexibility index (Phi) is 8.03. The summed E-state index contributed by atoms with van der Waals surface area (Å²) in [4.78, 5) is 27.8. The molecule has 1 saturated heterocycles. The molecule has 1 aromatic rings. The molecule has 1 spiro atoms. The number of carbonyl (C=O) groups excluding carboxylic acids is 1. The maximum Gasteiger partial charge on any atom is 0.333 e. The number of aliphatic hydroxyl groups excluding tert-OH is 3. The molecule has 9 atom stereocenters. The molecule has 3 aliphatic carbocycles. The van der Waals surface area contributed by atoms with E-state index in [1.54, 1.807) is 12.3 Å². The van der Waals surface area contributed by atoms with Gasteiger partial charge in [0.25, 0.3) is 0 Å². The lowest BCUT2D eigenvalue weighted by Crippen LogP contribution is -2.78. The number of aromatic nitrogens is 1. The van der Waals surface area contributed by atoms with Crippen molar-refractivity contribution in [2.75, 3.05) is 20.3 Å². The van der Waals surface area contributed by atoms with Crippen molar-refractivity contribution in [2.24, 2.45) is 17.8 Å². The number of hydrogen-bond acceptors (Lipinski definition) is 10. The van der Waals surface area contributed by atoms with Crippen LogP contribution in [0, 0.1) is 17.8 Å². The van der Waals surface area contributed by atoms with E-state index >= 15 is 0 Å². The van der Waals surface area contributed by atoms with E-state index in [2.05, 4.69) is 4.98 Å². The molecular weight excluding hydrogens is 562 g/mol. The molecule has 0 radical (unpaired) electrons. The third kappa shape index (κ3) is 4.66. The number of carboxylic acids is 1. The maximum absolute atomic E-state index is 12.7. The van der Waals surface area contributed by atoms with Crippen LogP contribution in [0.15, 0.2) is 36.1 Å². The number of esters is 1. The highest BCUT2D eigenvalue weighted by atomic mass is 16.7. The number of rotatable bonds is 9. The largest absolute Gasteiger partial charge is 0.481 e. The summed E-state index contributed by atoms with van der Waals surface area (Å²) in [7, 11) is 1.26. The molecule has 1 saturated carbocycles. The molecule has 2 aliphatic heterocycles. The van der Waals surface area contributed by atoms with Gasteiger partial charge in [0.05, 0.1) is 31.6 Å². The van der Waals surface area contributed by atoms with E-state index in [1.165, 1.54) is 7.11 Å². The van der Waals surface area contributed by atoms with Crippen molar-refractivity contribution >= 4 is 23.3 Å². The average Bonchev–Trinajstić information content (AvgIpc) is 3.43. The Hall–Kier alpha value is -3.00. The van der Waals surface area contributed by atoms with E-state index in [4.69, 9.17) is 18.9 Å². The lowest BCUT2D eigenvalue weighted by Gasteiger charge is -2.60. The Balaban J connectivity index is 1.38. The first kappa shape index (κ1) is 30.0. The molecule has 1 aromatic heterocycles. The molecular formula is C31H39NO11. The summed E-state index contributed by atoms with van der Waals surface area (Å²) in [6.07, 6.45) is 4.65. The SMILES string of the molecule is COC(=O)C1=C[C@@H]2CCC=C[C@@H]([C@@H]2O[C@@H]2O[C@H](CO)[C@]34OC(CCCO)=c5[nH]ccc5=C3CC[C@@]2(O)[C@H]4O)[C@@H]1CC(=O)O. The third-order valence-electron chi connectivity index (χ3n) is 9.85. The molecule has 5 aliphatic rings. The van der Waals surface area contributed by atoms with Crippen LogP contribution in [0.1, 0.15) is 44.9 Å². The van der Waals surface area contributed by atoms with E-state index in [0.717, 1.165) is 10.6 Å². The molecule has 0 amide bonds. The van der Waals surface area contributed by atoms with Gasteiger partial charge in [0.15, 0.2) is 11.9 Å². The molecule has 0 unspecified atom stereocenters. The van der Waals surface area contributed by atoms with Crippen LogP contribution in [0.4, 0.5) is 0 Å². The predicted molar refractivity (Wildman–Crippen MR) is 149 cm³/mol. The first-order valence-corrected chi connectivity index (χ1v) is 14.9. The van der Waals surface area contributed by atoms with Crippen LogP contribution in [-0.4, -0.2) is 98.6 Å². The van der Waals surface area contributed by atoms with Crippen molar-refractivity contribution in [3.63, 3.8) is 0 Å². The van der Waals surface area contributed by atoms with E-state index in [1.807, 2.05) is 18.2 Å². The first-order chi connectivity index (χ1) is 20.7. The highest BCUT2D eigenvalue weighted by Gasteiger charge is 2.70. The quantitative estimate of drug-likeness (QED) is 0.160. The monoisotopic (exact) mass is 601 g/mol. The van der Waals surface area contributed by atoms with Crippen molar-refractivity contribution in [3.8, 4) is 0 Å². The molecule has 2 fully saturated rings. The summed E-state index contributed by atoms with van der Waals surface area (Å²) in [5.74, 6) is -2.81. The van der Waals surface area contributed by atoms with Gasteiger partial charge >= 0.3 is 11.9 Å². The van der Waals surface area contributed by atoms with Crippen LogP contribution < -0.4 is 10.6 Å². The van der Waals surface area contributed by atoms with Crippen LogP contribution in [0.3, 0.4) is 0 Å². The highest BCUT2D eigenvalue weighted by Crippen LogP contribution is 2.54. The highest BCUT2D eigenvalue weighted by molar-refractivity contribution is 5.90. The van der Waals surface area contributed by atoms with Gasteiger partial charge in [-0.15, -0.1) is 0 Å². The summed E-state index contributed by atoms with van der Waals surface area (Å²) in [6.45, 7) is -0.614. The van der Waals surface area contributed by atoms with E-state index < -0.39 is 66.2 Å². The van der Waals surface area contributed by atoms with Crippen molar-refractivity contribution < 1.29 is 54.1 Å². The van der Waals surface area contributed by atoms with Crippen molar-refractivity contribution in [1.29, 1.82) is 0 Å². The van der Waals surface area contributed by atoms with Gasteiger partial charge in [-0.25, -0.2) is 4.79 Å². The Morgan fingerprint density at radius 2 is 2.07 bits per heavy atom. The molecule has 234 valence electrons. The normalized spacial score (nSPS) is 37.9. The molecule has 12 heteroatoms.